The number of esters is 1. The first-order valence-corrected chi connectivity index (χ1v) is 16.5. The van der Waals surface area contributed by atoms with E-state index in [-0.39, 0.29) is 23.8 Å². The molecule has 9 nitrogen and oxygen atoms in total. The summed E-state index contributed by atoms with van der Waals surface area (Å²) < 4.78 is 17.4. The van der Waals surface area contributed by atoms with Gasteiger partial charge in [-0.05, 0) is 53.9 Å². The van der Waals surface area contributed by atoms with E-state index in [1.807, 2.05) is 60.7 Å². The molecule has 236 valence electrons. The summed E-state index contributed by atoms with van der Waals surface area (Å²) in [4.78, 5) is 39.5. The van der Waals surface area contributed by atoms with E-state index in [4.69, 9.17) is 13.9 Å². The van der Waals surface area contributed by atoms with Gasteiger partial charge in [-0.2, -0.15) is 0 Å². The largest absolute Gasteiger partial charge is 0.508 e. The van der Waals surface area contributed by atoms with Crippen LogP contribution < -0.4 is 21.0 Å². The highest BCUT2D eigenvalue weighted by Gasteiger charge is 2.50. The van der Waals surface area contributed by atoms with Crippen LogP contribution in [0.4, 0.5) is 4.79 Å². The van der Waals surface area contributed by atoms with E-state index in [1.54, 1.807) is 32.9 Å². The van der Waals surface area contributed by atoms with Crippen LogP contribution in [0.2, 0.25) is 5.04 Å². The summed E-state index contributed by atoms with van der Waals surface area (Å²) in [5, 5.41) is 16.8. The minimum atomic E-state index is -3.04. The highest BCUT2D eigenvalue weighted by atomic mass is 28.4. The number of rotatable bonds is 11. The van der Waals surface area contributed by atoms with Crippen LogP contribution in [-0.2, 0) is 29.9 Å². The molecule has 0 aliphatic rings. The van der Waals surface area contributed by atoms with Gasteiger partial charge in [-0.15, -0.1) is 0 Å². The predicted octanol–water partition coefficient (Wildman–Crippen LogP) is 4.06. The molecule has 0 saturated heterocycles. The Hall–Kier alpha value is -4.15. The topological polar surface area (TPSA) is 123 Å². The average molecular weight is 621 g/mol. The Morgan fingerprint density at radius 1 is 0.773 bits per heavy atom. The fourth-order valence-corrected chi connectivity index (χ4v) is 9.65. The second kappa shape index (κ2) is 14.5. The Bertz CT molecular complexity index is 1350. The predicted molar refractivity (Wildman–Crippen MR) is 172 cm³/mol. The summed E-state index contributed by atoms with van der Waals surface area (Å²) in [6.45, 7) is 11.3. The van der Waals surface area contributed by atoms with Gasteiger partial charge in [0.2, 0.25) is 5.91 Å². The Labute approximate surface area is 261 Å². The molecular weight excluding hydrogens is 576 g/mol. The minimum Gasteiger partial charge on any atom is -0.508 e. The number of amides is 2. The molecule has 3 aromatic carbocycles. The Balaban J connectivity index is 1.95. The summed E-state index contributed by atoms with van der Waals surface area (Å²) in [5.74, 6) is -1.23. The molecular formula is C34H44N2O7Si. The lowest BCUT2D eigenvalue weighted by Gasteiger charge is -2.43. The van der Waals surface area contributed by atoms with Crippen molar-refractivity contribution in [1.82, 2.24) is 10.6 Å². The normalized spacial score (nSPS) is 13.3. The van der Waals surface area contributed by atoms with Gasteiger partial charge < -0.3 is 29.6 Å². The van der Waals surface area contributed by atoms with Crippen molar-refractivity contribution in [3.8, 4) is 5.75 Å². The number of carbonyl (C=O) groups is 3. The van der Waals surface area contributed by atoms with Crippen LogP contribution >= 0.6 is 0 Å². The first-order chi connectivity index (χ1) is 20.7. The fraction of sp³-hybridized carbons (Fsp3) is 0.382. The lowest BCUT2D eigenvalue weighted by molar-refractivity contribution is -0.146. The SMILES string of the molecule is COC(=O)[C@H](CO[Si](c1ccccc1)(c1ccccc1)C(C)(C)C)NC(=O)[C@H](Cc1ccc(O)cc1)NC(=O)OC(C)(C)C. The van der Waals surface area contributed by atoms with Gasteiger partial charge in [-0.3, -0.25) is 4.79 Å². The van der Waals surface area contributed by atoms with Gasteiger partial charge in [0, 0.05) is 6.42 Å². The molecule has 0 aromatic heterocycles. The number of phenols is 1. The lowest BCUT2D eigenvalue weighted by Crippen LogP contribution is -2.68. The molecule has 3 rings (SSSR count). The average Bonchev–Trinajstić information content (AvgIpc) is 2.96. The number of methoxy groups -OCH3 is 1. The number of benzene rings is 3. The second-order valence-corrected chi connectivity index (χ2v) is 16.9. The van der Waals surface area contributed by atoms with Gasteiger partial charge in [-0.1, -0.05) is 93.6 Å². The molecule has 44 heavy (non-hydrogen) atoms. The molecule has 0 saturated carbocycles. The second-order valence-electron chi connectivity index (χ2n) is 12.6. The number of carbonyl (C=O) groups excluding carboxylic acids is 3. The van der Waals surface area contributed by atoms with Gasteiger partial charge >= 0.3 is 12.1 Å². The third-order valence-corrected chi connectivity index (χ3v) is 12.1. The number of aromatic hydroxyl groups is 1. The fourth-order valence-electron chi connectivity index (χ4n) is 5.08. The molecule has 0 radical (unpaired) electrons. The number of phenolic OH excluding ortho intramolecular Hbond substituents is 1. The van der Waals surface area contributed by atoms with E-state index in [2.05, 4.69) is 31.4 Å². The zero-order valence-corrected chi connectivity index (χ0v) is 27.5. The smallest absolute Gasteiger partial charge is 0.408 e. The standard InChI is InChI=1S/C34H44N2O7Si/c1-33(2,3)43-32(40)36-28(22-24-18-20-25(37)21-19-24)30(38)35-29(31(39)41-7)23-42-44(34(4,5)6,26-14-10-8-11-15-26)27-16-12-9-13-17-27/h8-21,28-29,37H,22-23H2,1-7H3,(H,35,38)(H,36,40)/t28-,29-/m0/s1. The summed E-state index contributed by atoms with van der Waals surface area (Å²) in [7, 11) is -1.79. The summed E-state index contributed by atoms with van der Waals surface area (Å²) in [5.41, 5.74) is -0.112. The van der Waals surface area contributed by atoms with Crippen LogP contribution in [0, 0.1) is 0 Å². The molecule has 3 N–H and O–H groups in total. The molecule has 10 heteroatoms. The van der Waals surface area contributed by atoms with E-state index in [0.29, 0.717) is 5.56 Å². The highest BCUT2D eigenvalue weighted by Crippen LogP contribution is 2.36. The molecule has 3 aromatic rings. The van der Waals surface area contributed by atoms with Crippen LogP contribution in [0.15, 0.2) is 84.9 Å². The zero-order chi connectivity index (χ0) is 32.5. The number of alkyl carbamates (subject to hydrolysis) is 1. The number of nitrogens with one attached hydrogen (secondary N) is 2. The van der Waals surface area contributed by atoms with Crippen molar-refractivity contribution in [3.05, 3.63) is 90.5 Å². The summed E-state index contributed by atoms with van der Waals surface area (Å²) in [6.07, 6.45) is -0.705. The van der Waals surface area contributed by atoms with Crippen LogP contribution in [0.5, 0.6) is 5.75 Å². The van der Waals surface area contributed by atoms with Gasteiger partial charge in [0.25, 0.3) is 8.32 Å². The van der Waals surface area contributed by atoms with Crippen LogP contribution in [0.1, 0.15) is 47.1 Å². The third kappa shape index (κ3) is 8.93. The van der Waals surface area contributed by atoms with Crippen molar-refractivity contribution in [1.29, 1.82) is 0 Å². The Morgan fingerprint density at radius 2 is 1.30 bits per heavy atom. The molecule has 0 spiro atoms. The monoisotopic (exact) mass is 620 g/mol. The molecule has 0 aliphatic heterocycles. The number of hydrogen-bond donors (Lipinski definition) is 3. The van der Waals surface area contributed by atoms with Crippen molar-refractivity contribution in [2.75, 3.05) is 13.7 Å². The van der Waals surface area contributed by atoms with Crippen molar-refractivity contribution >= 4 is 36.7 Å². The van der Waals surface area contributed by atoms with Crippen LogP contribution in [-0.4, -0.2) is 62.8 Å². The maximum absolute atomic E-state index is 13.7. The maximum atomic E-state index is 13.7. The maximum Gasteiger partial charge on any atom is 0.408 e. The first kappa shape index (κ1) is 34.3. The van der Waals surface area contributed by atoms with E-state index in [1.165, 1.54) is 19.2 Å². The molecule has 0 aliphatic carbocycles. The van der Waals surface area contributed by atoms with Gasteiger partial charge in [0.15, 0.2) is 0 Å². The van der Waals surface area contributed by atoms with Gasteiger partial charge in [-0.25, -0.2) is 9.59 Å². The van der Waals surface area contributed by atoms with Crippen LogP contribution in [0.25, 0.3) is 0 Å². The third-order valence-electron chi connectivity index (χ3n) is 7.07. The molecule has 2 atom stereocenters. The molecule has 0 heterocycles. The van der Waals surface area contributed by atoms with E-state index in [0.717, 1.165) is 10.4 Å². The molecule has 0 unspecified atom stereocenters. The summed E-state index contributed by atoms with van der Waals surface area (Å²) in [6, 6.07) is 23.9. The minimum absolute atomic E-state index is 0.0705. The highest BCUT2D eigenvalue weighted by molar-refractivity contribution is 6.99. The van der Waals surface area contributed by atoms with E-state index in [9.17, 15) is 19.5 Å². The lowest BCUT2D eigenvalue weighted by atomic mass is 10.0. The zero-order valence-electron chi connectivity index (χ0n) is 26.5. The van der Waals surface area contributed by atoms with Crippen molar-refractivity contribution in [2.24, 2.45) is 0 Å². The van der Waals surface area contributed by atoms with E-state index >= 15 is 0 Å². The number of hydrogen-bond acceptors (Lipinski definition) is 7. The van der Waals surface area contributed by atoms with Crippen LogP contribution in [0.3, 0.4) is 0 Å². The molecule has 0 bridgehead atoms. The Morgan fingerprint density at radius 3 is 1.75 bits per heavy atom. The van der Waals surface area contributed by atoms with Gasteiger partial charge in [0.1, 0.15) is 23.4 Å². The van der Waals surface area contributed by atoms with Crippen molar-refractivity contribution in [3.63, 3.8) is 0 Å². The number of ether oxygens (including phenoxy) is 2. The summed E-state index contributed by atoms with van der Waals surface area (Å²) >= 11 is 0. The first-order valence-electron chi connectivity index (χ1n) is 14.6. The Kier molecular flexibility index (Phi) is 11.4. The van der Waals surface area contributed by atoms with E-state index < -0.39 is 44.0 Å². The molecule has 2 amide bonds. The quantitative estimate of drug-likeness (QED) is 0.218. The van der Waals surface area contributed by atoms with Gasteiger partial charge in [0.05, 0.1) is 13.7 Å². The van der Waals surface area contributed by atoms with Crippen molar-refractivity contribution < 1.29 is 33.4 Å². The van der Waals surface area contributed by atoms with Crippen molar-refractivity contribution in [2.45, 2.75) is 70.7 Å². The molecule has 0 fully saturated rings.